The number of ether oxygens (including phenoxy) is 1. The lowest BCUT2D eigenvalue weighted by Gasteiger charge is -2.22. The van der Waals surface area contributed by atoms with E-state index in [1.807, 2.05) is 0 Å². The fourth-order valence-corrected chi connectivity index (χ4v) is 3.53. The summed E-state index contributed by atoms with van der Waals surface area (Å²) in [4.78, 5) is 23.3. The van der Waals surface area contributed by atoms with Crippen LogP contribution in [0.5, 0.6) is 0 Å². The van der Waals surface area contributed by atoms with Crippen LogP contribution < -0.4 is 5.32 Å². The van der Waals surface area contributed by atoms with Crippen LogP contribution >= 0.6 is 15.9 Å². The summed E-state index contributed by atoms with van der Waals surface area (Å²) in [5, 5.41) is 2.36. The minimum absolute atomic E-state index is 0.251. The Bertz CT molecular complexity index is 670. The van der Waals surface area contributed by atoms with Crippen LogP contribution in [-0.2, 0) is 29.9 Å². The van der Waals surface area contributed by atoms with Gasteiger partial charge in [-0.1, -0.05) is 28.1 Å². The van der Waals surface area contributed by atoms with Crippen molar-refractivity contribution in [2.45, 2.75) is 25.1 Å². The van der Waals surface area contributed by atoms with Gasteiger partial charge in [-0.2, -0.15) is 0 Å². The molecule has 0 aliphatic carbocycles. The maximum Gasteiger partial charge on any atom is 0.330 e. The van der Waals surface area contributed by atoms with Crippen LogP contribution in [0.2, 0.25) is 0 Å². The van der Waals surface area contributed by atoms with Crippen molar-refractivity contribution in [3.05, 3.63) is 34.3 Å². The van der Waals surface area contributed by atoms with Gasteiger partial charge in [0.25, 0.3) is 0 Å². The van der Waals surface area contributed by atoms with Crippen LogP contribution in [0.15, 0.2) is 28.7 Å². The molecule has 0 saturated heterocycles. The van der Waals surface area contributed by atoms with E-state index in [1.54, 1.807) is 24.3 Å². The number of hydrogen-bond donors (Lipinski definition) is 1. The molecule has 0 aliphatic rings. The molecular weight excluding hydrogens is 374 g/mol. The number of sulfone groups is 1. The van der Waals surface area contributed by atoms with E-state index in [0.717, 1.165) is 4.47 Å². The molecule has 1 aromatic rings. The second-order valence-electron chi connectivity index (χ2n) is 5.33. The van der Waals surface area contributed by atoms with Crippen molar-refractivity contribution in [3.63, 3.8) is 0 Å². The summed E-state index contributed by atoms with van der Waals surface area (Å²) < 4.78 is 29.4. The molecular formula is C14H18BrNO5S. The van der Waals surface area contributed by atoms with Gasteiger partial charge in [0.15, 0.2) is 9.84 Å². The highest BCUT2D eigenvalue weighted by atomic mass is 79.9. The number of hydrogen-bond acceptors (Lipinski definition) is 5. The summed E-state index contributed by atoms with van der Waals surface area (Å²) in [5.41, 5.74) is -0.702. The second-order valence-corrected chi connectivity index (χ2v) is 8.31. The molecule has 8 heteroatoms. The number of carbonyl (C=O) groups excluding carboxylic acids is 2. The van der Waals surface area contributed by atoms with Gasteiger partial charge in [-0.25, -0.2) is 13.2 Å². The third kappa shape index (κ3) is 5.76. The molecule has 0 aliphatic heterocycles. The number of rotatable bonds is 6. The zero-order valence-electron chi connectivity index (χ0n) is 12.6. The SMILES string of the molecule is COC(=O)C(C)(C)NC(=O)CS(=O)(=O)Cc1cccc(Br)c1. The summed E-state index contributed by atoms with van der Waals surface area (Å²) in [7, 11) is -2.45. The molecule has 0 saturated carbocycles. The Balaban J connectivity index is 2.72. The number of esters is 1. The largest absolute Gasteiger partial charge is 0.467 e. The van der Waals surface area contributed by atoms with Crippen LogP contribution in [0.4, 0.5) is 0 Å². The molecule has 0 aromatic heterocycles. The Labute approximate surface area is 138 Å². The van der Waals surface area contributed by atoms with E-state index in [4.69, 9.17) is 0 Å². The molecule has 1 N–H and O–H groups in total. The monoisotopic (exact) mass is 391 g/mol. The van der Waals surface area contributed by atoms with Crippen LogP contribution in [0, 0.1) is 0 Å². The molecule has 0 heterocycles. The van der Waals surface area contributed by atoms with E-state index >= 15 is 0 Å². The van der Waals surface area contributed by atoms with E-state index in [-0.39, 0.29) is 5.75 Å². The van der Waals surface area contributed by atoms with Crippen molar-refractivity contribution in [2.75, 3.05) is 12.9 Å². The van der Waals surface area contributed by atoms with Crippen LogP contribution in [0.1, 0.15) is 19.4 Å². The predicted molar refractivity (Wildman–Crippen MR) is 85.9 cm³/mol. The van der Waals surface area contributed by atoms with Gasteiger partial charge in [0.1, 0.15) is 11.3 Å². The lowest BCUT2D eigenvalue weighted by molar-refractivity contribution is -0.149. The first kappa shape index (κ1) is 18.6. The number of carbonyl (C=O) groups is 2. The quantitative estimate of drug-likeness (QED) is 0.740. The van der Waals surface area contributed by atoms with Gasteiger partial charge in [0.05, 0.1) is 12.9 Å². The van der Waals surface area contributed by atoms with Crippen molar-refractivity contribution in [2.24, 2.45) is 0 Å². The second kappa shape index (κ2) is 7.23. The zero-order chi connectivity index (χ0) is 17.0. The molecule has 0 fully saturated rings. The van der Waals surface area contributed by atoms with E-state index in [9.17, 15) is 18.0 Å². The maximum absolute atomic E-state index is 12.1. The standard InChI is InChI=1S/C14H18BrNO5S/c1-14(2,13(18)21-3)16-12(17)9-22(19,20)8-10-5-4-6-11(15)7-10/h4-7H,8-9H2,1-3H3,(H,16,17). The van der Waals surface area contributed by atoms with Gasteiger partial charge < -0.3 is 10.1 Å². The third-order valence-electron chi connectivity index (χ3n) is 2.77. The highest BCUT2D eigenvalue weighted by Gasteiger charge is 2.31. The van der Waals surface area contributed by atoms with E-state index < -0.39 is 33.0 Å². The van der Waals surface area contributed by atoms with Crippen LogP contribution in [-0.4, -0.2) is 38.7 Å². The molecule has 122 valence electrons. The predicted octanol–water partition coefficient (Wildman–Crippen LogP) is 1.43. The summed E-state index contributed by atoms with van der Waals surface area (Å²) in [6.45, 7) is 2.88. The molecule has 1 aromatic carbocycles. The van der Waals surface area contributed by atoms with Crippen molar-refractivity contribution < 1.29 is 22.7 Å². The van der Waals surface area contributed by atoms with Crippen LogP contribution in [0.3, 0.4) is 0 Å². The Kier molecular flexibility index (Phi) is 6.13. The molecule has 1 rings (SSSR count). The first-order valence-corrected chi connectivity index (χ1v) is 9.01. The summed E-state index contributed by atoms with van der Waals surface area (Å²) in [6.07, 6.45) is 0. The summed E-state index contributed by atoms with van der Waals surface area (Å²) in [5.74, 6) is -2.34. The first-order valence-electron chi connectivity index (χ1n) is 6.40. The van der Waals surface area contributed by atoms with Crippen molar-refractivity contribution >= 4 is 37.6 Å². The molecule has 0 bridgehead atoms. The maximum atomic E-state index is 12.1. The van der Waals surface area contributed by atoms with Gasteiger partial charge in [-0.15, -0.1) is 0 Å². The first-order chi connectivity index (χ1) is 10.1. The molecule has 0 spiro atoms. The smallest absolute Gasteiger partial charge is 0.330 e. The van der Waals surface area contributed by atoms with Gasteiger partial charge in [-0.3, -0.25) is 4.79 Å². The van der Waals surface area contributed by atoms with E-state index in [0.29, 0.717) is 5.56 Å². The van der Waals surface area contributed by atoms with Crippen LogP contribution in [0.25, 0.3) is 0 Å². The average Bonchev–Trinajstić information content (AvgIpc) is 2.35. The van der Waals surface area contributed by atoms with Gasteiger partial charge in [0, 0.05) is 4.47 Å². The lowest BCUT2D eigenvalue weighted by atomic mass is 10.1. The Morgan fingerprint density at radius 3 is 2.50 bits per heavy atom. The Morgan fingerprint density at radius 1 is 1.32 bits per heavy atom. The van der Waals surface area contributed by atoms with Gasteiger partial charge in [0.2, 0.25) is 5.91 Å². The number of methoxy groups -OCH3 is 1. The van der Waals surface area contributed by atoms with Gasteiger partial charge >= 0.3 is 5.97 Å². The lowest BCUT2D eigenvalue weighted by Crippen LogP contribution is -2.51. The molecule has 1 amide bonds. The number of nitrogens with one attached hydrogen (secondary N) is 1. The molecule has 0 radical (unpaired) electrons. The zero-order valence-corrected chi connectivity index (χ0v) is 15.0. The fourth-order valence-electron chi connectivity index (χ4n) is 1.82. The highest BCUT2D eigenvalue weighted by molar-refractivity contribution is 9.10. The topological polar surface area (TPSA) is 89.5 Å². The number of halogens is 1. The Hall–Kier alpha value is -1.41. The molecule has 22 heavy (non-hydrogen) atoms. The van der Waals surface area contributed by atoms with Crippen molar-refractivity contribution in [1.29, 1.82) is 0 Å². The molecule has 6 nitrogen and oxygen atoms in total. The number of benzene rings is 1. The summed E-state index contributed by atoms with van der Waals surface area (Å²) in [6, 6.07) is 6.84. The highest BCUT2D eigenvalue weighted by Crippen LogP contribution is 2.14. The Morgan fingerprint density at radius 2 is 1.95 bits per heavy atom. The third-order valence-corrected chi connectivity index (χ3v) is 4.74. The number of amides is 1. The summed E-state index contributed by atoms with van der Waals surface area (Å²) >= 11 is 3.26. The minimum Gasteiger partial charge on any atom is -0.467 e. The molecule has 0 atom stereocenters. The van der Waals surface area contributed by atoms with Crippen molar-refractivity contribution in [3.8, 4) is 0 Å². The van der Waals surface area contributed by atoms with E-state index in [2.05, 4.69) is 26.0 Å². The van der Waals surface area contributed by atoms with Crippen molar-refractivity contribution in [1.82, 2.24) is 5.32 Å². The van der Waals surface area contributed by atoms with Gasteiger partial charge in [-0.05, 0) is 31.5 Å². The minimum atomic E-state index is -3.64. The normalized spacial score (nSPS) is 11.8. The van der Waals surface area contributed by atoms with E-state index in [1.165, 1.54) is 21.0 Å². The average molecular weight is 392 g/mol. The fraction of sp³-hybridized carbons (Fsp3) is 0.429. The molecule has 0 unspecified atom stereocenters.